The predicted molar refractivity (Wildman–Crippen MR) is 83.6 cm³/mol. The fourth-order valence-electron chi connectivity index (χ4n) is 2.40. The Labute approximate surface area is 127 Å². The summed E-state index contributed by atoms with van der Waals surface area (Å²) in [7, 11) is 0. The van der Waals surface area contributed by atoms with Gasteiger partial charge in [0, 0.05) is 11.1 Å². The third kappa shape index (κ3) is 2.88. The highest BCUT2D eigenvalue weighted by atomic mass is 19.1. The van der Waals surface area contributed by atoms with Crippen molar-refractivity contribution >= 4 is 22.4 Å². The summed E-state index contributed by atoms with van der Waals surface area (Å²) in [5, 5.41) is 4.01. The van der Waals surface area contributed by atoms with Gasteiger partial charge in [0.25, 0.3) is 0 Å². The molecule has 1 heterocycles. The number of hydrogen-bond acceptors (Lipinski definition) is 3. The third-order valence-electron chi connectivity index (χ3n) is 3.41. The number of alkyl halides is 2. The van der Waals surface area contributed by atoms with Gasteiger partial charge in [0.1, 0.15) is 25.5 Å². The van der Waals surface area contributed by atoms with E-state index >= 15 is 0 Å². The summed E-state index contributed by atoms with van der Waals surface area (Å²) in [6.45, 7) is 0.722. The van der Waals surface area contributed by atoms with Gasteiger partial charge in [-0.15, -0.1) is 0 Å². The first-order chi connectivity index (χ1) is 10.7. The molecule has 0 radical (unpaired) electrons. The molecule has 5 heteroatoms. The van der Waals surface area contributed by atoms with Gasteiger partial charge in [-0.05, 0) is 42.3 Å². The Balaban J connectivity index is 2.04. The van der Waals surface area contributed by atoms with Gasteiger partial charge in [-0.2, -0.15) is 0 Å². The lowest BCUT2D eigenvalue weighted by atomic mass is 10.1. The molecule has 0 fully saturated rings. The number of halogens is 2. The van der Waals surface area contributed by atoms with Gasteiger partial charge in [-0.1, -0.05) is 17.7 Å². The first-order valence-electron chi connectivity index (χ1n) is 6.93. The summed E-state index contributed by atoms with van der Waals surface area (Å²) >= 11 is 0. The fraction of sp³-hybridized carbons (Fsp3) is 0.176. The number of fused-ring (bicyclic) bond motifs is 1. The lowest BCUT2D eigenvalue weighted by Crippen LogP contribution is -1.98. The van der Waals surface area contributed by atoms with Crippen molar-refractivity contribution in [3.63, 3.8) is 0 Å². The molecule has 3 aromatic rings. The van der Waals surface area contributed by atoms with E-state index in [4.69, 9.17) is 0 Å². The molecule has 0 bridgehead atoms. The fourth-order valence-corrected chi connectivity index (χ4v) is 2.40. The van der Waals surface area contributed by atoms with E-state index in [2.05, 4.69) is 15.3 Å². The highest BCUT2D eigenvalue weighted by molar-refractivity contribution is 5.91. The number of rotatable bonds is 4. The average Bonchev–Trinajstić information content (AvgIpc) is 2.55. The number of benzene rings is 2. The van der Waals surface area contributed by atoms with Gasteiger partial charge in [0.15, 0.2) is 0 Å². The van der Waals surface area contributed by atoms with E-state index in [0.29, 0.717) is 22.6 Å². The van der Waals surface area contributed by atoms with Crippen molar-refractivity contribution in [3.05, 3.63) is 59.4 Å². The molecule has 1 N–H and O–H groups in total. The maximum absolute atomic E-state index is 12.9. The summed E-state index contributed by atoms with van der Waals surface area (Å²) in [6.07, 6.45) is 1.47. The van der Waals surface area contributed by atoms with E-state index in [1.165, 1.54) is 12.4 Å². The summed E-state index contributed by atoms with van der Waals surface area (Å²) in [6, 6.07) is 10.7. The van der Waals surface area contributed by atoms with Crippen molar-refractivity contribution in [2.24, 2.45) is 0 Å². The van der Waals surface area contributed by atoms with Gasteiger partial charge < -0.3 is 5.32 Å². The van der Waals surface area contributed by atoms with Crippen molar-refractivity contribution in [3.8, 4) is 0 Å². The SMILES string of the molecule is Cc1ccc2ncnc(Nc3cc(CF)cc(CF)c3)c2c1. The minimum atomic E-state index is -0.633. The van der Waals surface area contributed by atoms with Crippen molar-refractivity contribution in [1.29, 1.82) is 0 Å². The number of nitrogens with one attached hydrogen (secondary N) is 1. The number of nitrogens with zero attached hydrogens (tertiary/aromatic N) is 2. The molecule has 112 valence electrons. The van der Waals surface area contributed by atoms with E-state index in [1.54, 1.807) is 12.1 Å². The van der Waals surface area contributed by atoms with Crippen LogP contribution in [0, 0.1) is 6.92 Å². The first-order valence-corrected chi connectivity index (χ1v) is 6.93. The van der Waals surface area contributed by atoms with Crippen LogP contribution < -0.4 is 5.32 Å². The lowest BCUT2D eigenvalue weighted by molar-refractivity contribution is 0.475. The molecule has 0 aliphatic carbocycles. The van der Waals surface area contributed by atoms with E-state index in [-0.39, 0.29) is 0 Å². The summed E-state index contributed by atoms with van der Waals surface area (Å²) in [4.78, 5) is 8.47. The maximum atomic E-state index is 12.9. The van der Waals surface area contributed by atoms with E-state index < -0.39 is 13.3 Å². The van der Waals surface area contributed by atoms with Crippen molar-refractivity contribution in [1.82, 2.24) is 9.97 Å². The Morgan fingerprint density at radius 2 is 1.68 bits per heavy atom. The molecule has 3 rings (SSSR count). The van der Waals surface area contributed by atoms with Crippen LogP contribution in [0.3, 0.4) is 0 Å². The molecule has 0 saturated carbocycles. The number of aryl methyl sites for hydroxylation is 1. The predicted octanol–water partition coefficient (Wildman–Crippen LogP) is 4.62. The Morgan fingerprint density at radius 1 is 0.955 bits per heavy atom. The van der Waals surface area contributed by atoms with Gasteiger partial charge in [-0.25, -0.2) is 18.7 Å². The zero-order valence-corrected chi connectivity index (χ0v) is 12.1. The zero-order chi connectivity index (χ0) is 15.5. The second-order valence-corrected chi connectivity index (χ2v) is 5.17. The van der Waals surface area contributed by atoms with E-state index in [0.717, 1.165) is 16.5 Å². The molecular weight excluding hydrogens is 284 g/mol. The molecule has 3 nitrogen and oxygen atoms in total. The molecule has 0 spiro atoms. The minimum absolute atomic E-state index is 0.437. The molecule has 2 aromatic carbocycles. The molecule has 0 aliphatic heterocycles. The van der Waals surface area contributed by atoms with Gasteiger partial charge in [0.05, 0.1) is 5.52 Å². The molecule has 1 aromatic heterocycles. The van der Waals surface area contributed by atoms with Crippen LogP contribution in [-0.2, 0) is 13.3 Å². The largest absolute Gasteiger partial charge is 0.340 e. The number of aromatic nitrogens is 2. The van der Waals surface area contributed by atoms with Crippen LogP contribution in [0.1, 0.15) is 16.7 Å². The van der Waals surface area contributed by atoms with Crippen molar-refractivity contribution in [2.45, 2.75) is 20.3 Å². The monoisotopic (exact) mass is 299 g/mol. The lowest BCUT2D eigenvalue weighted by Gasteiger charge is -2.11. The zero-order valence-electron chi connectivity index (χ0n) is 12.1. The molecule has 22 heavy (non-hydrogen) atoms. The maximum Gasteiger partial charge on any atom is 0.141 e. The second-order valence-electron chi connectivity index (χ2n) is 5.17. The Morgan fingerprint density at radius 3 is 2.36 bits per heavy atom. The quantitative estimate of drug-likeness (QED) is 0.763. The molecule has 0 atom stereocenters. The van der Waals surface area contributed by atoms with Crippen molar-refractivity contribution in [2.75, 3.05) is 5.32 Å². The van der Waals surface area contributed by atoms with Crippen LogP contribution in [0.15, 0.2) is 42.7 Å². The first kappa shape index (κ1) is 14.4. The van der Waals surface area contributed by atoms with Crippen LogP contribution in [0.4, 0.5) is 20.3 Å². The summed E-state index contributed by atoms with van der Waals surface area (Å²) < 4.78 is 25.8. The molecule has 0 saturated heterocycles. The van der Waals surface area contributed by atoms with Crippen LogP contribution in [0.25, 0.3) is 10.9 Å². The number of anilines is 2. The summed E-state index contributed by atoms with van der Waals surface area (Å²) in [5.74, 6) is 0.620. The molecule has 0 aliphatic rings. The van der Waals surface area contributed by atoms with Crippen molar-refractivity contribution < 1.29 is 8.78 Å². The van der Waals surface area contributed by atoms with Gasteiger partial charge in [-0.3, -0.25) is 0 Å². The smallest absolute Gasteiger partial charge is 0.141 e. The Kier molecular flexibility index (Phi) is 3.96. The normalized spacial score (nSPS) is 10.9. The average molecular weight is 299 g/mol. The van der Waals surface area contributed by atoms with E-state index in [9.17, 15) is 8.78 Å². The summed E-state index contributed by atoms with van der Waals surface area (Å²) in [5.41, 5.74) is 3.39. The molecule has 0 amide bonds. The molecule has 0 unspecified atom stereocenters. The topological polar surface area (TPSA) is 37.8 Å². The Hall–Kier alpha value is -2.56. The number of hydrogen-bond donors (Lipinski definition) is 1. The van der Waals surface area contributed by atoms with Crippen LogP contribution in [0.5, 0.6) is 0 Å². The highest BCUT2D eigenvalue weighted by Crippen LogP contribution is 2.25. The Bertz CT molecular complexity index is 796. The third-order valence-corrected chi connectivity index (χ3v) is 3.41. The second kappa shape index (κ2) is 6.05. The standard InChI is InChI=1S/C17H15F2N3/c1-11-2-3-16-15(4-11)17(21-10-20-16)22-14-6-12(8-18)5-13(7-14)9-19/h2-7,10H,8-9H2,1H3,(H,20,21,22). The van der Waals surface area contributed by atoms with E-state index in [1.807, 2.05) is 25.1 Å². The van der Waals surface area contributed by atoms with Crippen LogP contribution in [0.2, 0.25) is 0 Å². The van der Waals surface area contributed by atoms with Gasteiger partial charge in [0.2, 0.25) is 0 Å². The van der Waals surface area contributed by atoms with Crippen LogP contribution >= 0.6 is 0 Å². The highest BCUT2D eigenvalue weighted by Gasteiger charge is 2.07. The minimum Gasteiger partial charge on any atom is -0.340 e. The van der Waals surface area contributed by atoms with Gasteiger partial charge >= 0.3 is 0 Å². The molecular formula is C17H15F2N3. The van der Waals surface area contributed by atoms with Crippen LogP contribution in [-0.4, -0.2) is 9.97 Å².